The van der Waals surface area contributed by atoms with Gasteiger partial charge in [0, 0.05) is 38.5 Å². The summed E-state index contributed by atoms with van der Waals surface area (Å²) < 4.78 is 26.2. The summed E-state index contributed by atoms with van der Waals surface area (Å²) in [4.78, 5) is 69.8. The third-order valence-corrected chi connectivity index (χ3v) is 7.17. The van der Waals surface area contributed by atoms with E-state index in [0.29, 0.717) is 24.8 Å². The Bertz CT molecular complexity index is 1520. The molecule has 252 valence electrons. The molecule has 0 bridgehead atoms. The molecule has 1 aliphatic heterocycles. The number of aryl methyl sites for hydroxylation is 1. The maximum atomic E-state index is 14.1. The number of esters is 1. The number of carbonyl (C=O) groups excluding carboxylic acids is 4. The molecule has 2 amide bonds. The number of carbonyl (C=O) groups is 4. The zero-order valence-corrected chi connectivity index (χ0v) is 27.7. The lowest BCUT2D eigenvalue weighted by Gasteiger charge is -2.30. The van der Waals surface area contributed by atoms with Crippen LogP contribution in [0.15, 0.2) is 23.0 Å². The van der Waals surface area contributed by atoms with Gasteiger partial charge in [0.25, 0.3) is 5.56 Å². The van der Waals surface area contributed by atoms with Crippen molar-refractivity contribution in [3.63, 3.8) is 0 Å². The van der Waals surface area contributed by atoms with Crippen molar-refractivity contribution in [3.8, 4) is 5.75 Å². The summed E-state index contributed by atoms with van der Waals surface area (Å²) in [5, 5.41) is 13.4. The molecular formula is C33H45FN4O8. The van der Waals surface area contributed by atoms with Crippen LogP contribution in [0.1, 0.15) is 114 Å². The van der Waals surface area contributed by atoms with E-state index in [-0.39, 0.29) is 50.2 Å². The molecule has 0 spiro atoms. The molecule has 2 heterocycles. The number of anilines is 1. The summed E-state index contributed by atoms with van der Waals surface area (Å²) in [6.45, 7) is 10.7. The van der Waals surface area contributed by atoms with Gasteiger partial charge in [-0.2, -0.15) is 0 Å². The van der Waals surface area contributed by atoms with E-state index in [9.17, 15) is 33.5 Å². The summed E-state index contributed by atoms with van der Waals surface area (Å²) in [6, 6.07) is 3.09. The minimum Gasteiger partial charge on any atom is -0.501 e. The Kier molecular flexibility index (Phi) is 11.7. The zero-order valence-electron chi connectivity index (χ0n) is 27.7. The van der Waals surface area contributed by atoms with E-state index in [1.807, 2.05) is 0 Å². The van der Waals surface area contributed by atoms with Gasteiger partial charge < -0.3 is 24.8 Å². The van der Waals surface area contributed by atoms with Gasteiger partial charge >= 0.3 is 12.1 Å². The van der Waals surface area contributed by atoms with Gasteiger partial charge in [0.05, 0.1) is 6.04 Å². The topological polar surface area (TPSA) is 157 Å². The van der Waals surface area contributed by atoms with Crippen molar-refractivity contribution in [3.05, 3.63) is 51.5 Å². The Hall–Kier alpha value is -4.29. The Balaban J connectivity index is 1.77. The summed E-state index contributed by atoms with van der Waals surface area (Å²) in [7, 11) is 1.54. The van der Waals surface area contributed by atoms with Crippen LogP contribution in [0.2, 0.25) is 0 Å². The highest BCUT2D eigenvalue weighted by Crippen LogP contribution is 2.30. The lowest BCUT2D eigenvalue weighted by atomic mass is 10.0. The first-order valence-corrected chi connectivity index (χ1v) is 15.5. The molecule has 0 aliphatic carbocycles. The first-order valence-electron chi connectivity index (χ1n) is 15.5. The third kappa shape index (κ3) is 10.1. The molecule has 0 fully saturated rings. The number of Topliss-reactive ketones (excluding diaryl/α,β-unsaturated/α-hetero) is 1. The van der Waals surface area contributed by atoms with Crippen LogP contribution in [0, 0.1) is 5.82 Å². The van der Waals surface area contributed by atoms with Gasteiger partial charge in [-0.1, -0.05) is 6.07 Å². The predicted molar refractivity (Wildman–Crippen MR) is 168 cm³/mol. The van der Waals surface area contributed by atoms with Crippen molar-refractivity contribution in [2.45, 2.75) is 117 Å². The normalized spacial score (nSPS) is 14.9. The molecule has 1 atom stereocenters. The van der Waals surface area contributed by atoms with Crippen LogP contribution in [0.5, 0.6) is 5.75 Å². The molecular weight excluding hydrogens is 599 g/mol. The molecule has 0 saturated carbocycles. The highest BCUT2D eigenvalue weighted by atomic mass is 19.1. The van der Waals surface area contributed by atoms with Crippen molar-refractivity contribution in [1.29, 1.82) is 0 Å². The van der Waals surface area contributed by atoms with Crippen LogP contribution in [0.3, 0.4) is 0 Å². The van der Waals surface area contributed by atoms with Gasteiger partial charge in [0.15, 0.2) is 11.5 Å². The third-order valence-electron chi connectivity index (χ3n) is 7.17. The van der Waals surface area contributed by atoms with Crippen molar-refractivity contribution in [2.75, 3.05) is 12.4 Å². The SMILES string of the molecule is CN(C(=O)OC(C)(C)C)C1CCCCn2c1nc(C(=O)CCc1ccc(F)cc1NC(=O)CCCC(=O)OC(C)(C)C)c(O)c2=O. The fourth-order valence-corrected chi connectivity index (χ4v) is 5.04. The van der Waals surface area contributed by atoms with E-state index < -0.39 is 63.8 Å². The fraction of sp³-hybridized carbons (Fsp3) is 0.576. The number of hydrogen-bond donors (Lipinski definition) is 2. The number of amides is 2. The van der Waals surface area contributed by atoms with Crippen LogP contribution >= 0.6 is 0 Å². The first kappa shape index (κ1) is 36.2. The highest BCUT2D eigenvalue weighted by Gasteiger charge is 2.33. The van der Waals surface area contributed by atoms with Gasteiger partial charge in [-0.25, -0.2) is 14.2 Å². The fourth-order valence-electron chi connectivity index (χ4n) is 5.04. The number of ether oxygens (including phenoxy) is 2. The van der Waals surface area contributed by atoms with E-state index >= 15 is 0 Å². The quantitative estimate of drug-likeness (QED) is 0.254. The summed E-state index contributed by atoms with van der Waals surface area (Å²) in [5.74, 6) is -2.72. The molecule has 1 aromatic carbocycles. The minimum absolute atomic E-state index is 0.0100. The molecule has 0 saturated heterocycles. The van der Waals surface area contributed by atoms with Crippen LogP contribution in [0.25, 0.3) is 0 Å². The van der Waals surface area contributed by atoms with Gasteiger partial charge in [-0.05, 0) is 91.3 Å². The number of aromatic hydroxyl groups is 1. The number of fused-ring (bicyclic) bond motifs is 1. The Morgan fingerprint density at radius 3 is 2.37 bits per heavy atom. The maximum absolute atomic E-state index is 14.1. The first-order chi connectivity index (χ1) is 21.4. The average Bonchev–Trinajstić information content (AvgIpc) is 3.14. The van der Waals surface area contributed by atoms with Crippen molar-refractivity contribution in [2.24, 2.45) is 0 Å². The molecule has 1 aliphatic rings. The molecule has 3 rings (SSSR count). The molecule has 12 nitrogen and oxygen atoms in total. The molecule has 2 aromatic rings. The van der Waals surface area contributed by atoms with Crippen LogP contribution in [-0.4, -0.2) is 61.6 Å². The van der Waals surface area contributed by atoms with Crippen molar-refractivity contribution >= 4 is 29.4 Å². The highest BCUT2D eigenvalue weighted by molar-refractivity contribution is 5.97. The van der Waals surface area contributed by atoms with Crippen LogP contribution in [0.4, 0.5) is 14.9 Å². The molecule has 46 heavy (non-hydrogen) atoms. The number of nitrogens with one attached hydrogen (secondary N) is 1. The van der Waals surface area contributed by atoms with E-state index in [1.165, 1.54) is 28.6 Å². The van der Waals surface area contributed by atoms with E-state index in [1.54, 1.807) is 41.5 Å². The van der Waals surface area contributed by atoms with Crippen molar-refractivity contribution < 1.29 is 38.1 Å². The predicted octanol–water partition coefficient (Wildman–Crippen LogP) is 5.45. The Labute approximate surface area is 268 Å². The second-order valence-corrected chi connectivity index (χ2v) is 13.4. The number of aromatic nitrogens is 2. The Morgan fingerprint density at radius 1 is 1.04 bits per heavy atom. The smallest absolute Gasteiger partial charge is 0.410 e. The summed E-state index contributed by atoms with van der Waals surface area (Å²) in [6.07, 6.45) is 1.22. The second kappa shape index (κ2) is 14.9. The standard InChI is InChI=1S/C33H45FN4O8/c1-32(2,3)45-26(41)13-10-12-25(40)35-22-19-21(34)16-14-20(22)15-17-24(39)27-28(42)30(43)38-18-9-8-11-23(29(38)36-27)37(7)31(44)46-33(4,5)6/h14,16,19,23,42H,8-13,15,17-18H2,1-7H3,(H,35,40). The average molecular weight is 645 g/mol. The minimum atomic E-state index is -0.785. The van der Waals surface area contributed by atoms with Gasteiger partial charge in [0.1, 0.15) is 22.8 Å². The number of ketones is 1. The summed E-state index contributed by atoms with van der Waals surface area (Å²) in [5.41, 5.74) is -1.98. The van der Waals surface area contributed by atoms with Gasteiger partial charge in [-0.15, -0.1) is 0 Å². The van der Waals surface area contributed by atoms with Crippen LogP contribution < -0.4 is 10.9 Å². The molecule has 1 aromatic heterocycles. The zero-order chi connectivity index (χ0) is 34.4. The number of hydrogen-bond acceptors (Lipinski definition) is 9. The van der Waals surface area contributed by atoms with Crippen LogP contribution in [-0.2, 0) is 32.0 Å². The maximum Gasteiger partial charge on any atom is 0.410 e. The van der Waals surface area contributed by atoms with Gasteiger partial charge in [0.2, 0.25) is 11.7 Å². The molecule has 2 N–H and O–H groups in total. The van der Waals surface area contributed by atoms with E-state index in [0.717, 1.165) is 6.07 Å². The molecule has 1 unspecified atom stereocenters. The second-order valence-electron chi connectivity index (χ2n) is 13.4. The van der Waals surface area contributed by atoms with Gasteiger partial charge in [-0.3, -0.25) is 23.7 Å². The number of benzene rings is 1. The lowest BCUT2D eigenvalue weighted by Crippen LogP contribution is -2.39. The number of halogens is 1. The van der Waals surface area contributed by atoms with Crippen molar-refractivity contribution in [1.82, 2.24) is 14.5 Å². The van der Waals surface area contributed by atoms with E-state index in [4.69, 9.17) is 9.47 Å². The summed E-state index contributed by atoms with van der Waals surface area (Å²) >= 11 is 0. The monoisotopic (exact) mass is 644 g/mol. The Morgan fingerprint density at radius 2 is 1.72 bits per heavy atom. The van der Waals surface area contributed by atoms with E-state index in [2.05, 4.69) is 10.3 Å². The number of nitrogens with zero attached hydrogens (tertiary/aromatic N) is 3. The number of rotatable bonds is 10. The molecule has 13 heteroatoms. The lowest BCUT2D eigenvalue weighted by molar-refractivity contribution is -0.154. The largest absolute Gasteiger partial charge is 0.501 e. The molecule has 0 radical (unpaired) electrons.